The predicted octanol–water partition coefficient (Wildman–Crippen LogP) is 15.7. The zero-order valence-corrected chi connectivity index (χ0v) is 35.2. The van der Waals surface area contributed by atoms with Gasteiger partial charge >= 0.3 is 0 Å². The van der Waals surface area contributed by atoms with Gasteiger partial charge in [-0.15, -0.1) is 0 Å². The summed E-state index contributed by atoms with van der Waals surface area (Å²) in [5.41, 5.74) is 22.7. The molecule has 2 nitrogen and oxygen atoms in total. The highest BCUT2D eigenvalue weighted by Gasteiger charge is 2.38. The van der Waals surface area contributed by atoms with Crippen LogP contribution in [0.4, 0.5) is 11.4 Å². The zero-order chi connectivity index (χ0) is 38.7. The van der Waals surface area contributed by atoms with Crippen LogP contribution in [0.2, 0.25) is 0 Å². The second-order valence-corrected chi connectivity index (χ2v) is 17.3. The van der Waals surface area contributed by atoms with Crippen molar-refractivity contribution in [1.82, 2.24) is 0 Å². The van der Waals surface area contributed by atoms with Crippen LogP contribution in [-0.2, 0) is 5.41 Å². The van der Waals surface area contributed by atoms with E-state index in [1.807, 2.05) is 0 Å². The van der Waals surface area contributed by atoms with Crippen molar-refractivity contribution >= 4 is 11.4 Å². The molecule has 1 saturated carbocycles. The molecule has 0 aliphatic heterocycles. The number of anilines is 2. The summed E-state index contributed by atoms with van der Waals surface area (Å²) in [6.07, 6.45) is 28.9. The van der Waals surface area contributed by atoms with Gasteiger partial charge in [0.2, 0.25) is 0 Å². The smallest absolute Gasteiger partial charge is 0.0314 e. The average molecular weight is 741 g/mol. The van der Waals surface area contributed by atoms with Gasteiger partial charge in [0.25, 0.3) is 0 Å². The van der Waals surface area contributed by atoms with Crippen molar-refractivity contribution in [3.63, 3.8) is 0 Å². The molecule has 4 aromatic rings. The fraction of sp³-hybridized carbons (Fsp3) is 0.547. The summed E-state index contributed by atoms with van der Waals surface area (Å²) in [6, 6.07) is 37.3. The highest BCUT2D eigenvalue weighted by molar-refractivity contribution is 5.47. The van der Waals surface area contributed by atoms with E-state index in [1.165, 1.54) is 175 Å². The molecule has 0 radical (unpaired) electrons. The van der Waals surface area contributed by atoms with E-state index in [-0.39, 0.29) is 5.41 Å². The molecule has 0 amide bonds. The van der Waals surface area contributed by atoms with Gasteiger partial charge in [0.15, 0.2) is 0 Å². The van der Waals surface area contributed by atoms with Gasteiger partial charge in [-0.1, -0.05) is 196 Å². The van der Waals surface area contributed by atoms with Crippen LogP contribution < -0.4 is 11.5 Å². The van der Waals surface area contributed by atoms with Crippen LogP contribution >= 0.6 is 0 Å². The van der Waals surface area contributed by atoms with Crippen molar-refractivity contribution in [2.75, 3.05) is 11.5 Å². The van der Waals surface area contributed by atoms with Gasteiger partial charge in [-0.2, -0.15) is 0 Å². The number of hydrogen-bond acceptors (Lipinski definition) is 2. The predicted molar refractivity (Wildman–Crippen MR) is 241 cm³/mol. The Morgan fingerprint density at radius 1 is 0.436 bits per heavy atom. The van der Waals surface area contributed by atoms with Crippen LogP contribution in [0.3, 0.4) is 0 Å². The van der Waals surface area contributed by atoms with Crippen LogP contribution in [0.15, 0.2) is 97.1 Å². The van der Waals surface area contributed by atoms with Crippen LogP contribution in [0.1, 0.15) is 207 Å². The van der Waals surface area contributed by atoms with E-state index in [0.29, 0.717) is 11.8 Å². The van der Waals surface area contributed by atoms with Gasteiger partial charge in [-0.05, 0) is 102 Å². The molecule has 1 aliphatic rings. The minimum atomic E-state index is 0.0612. The Morgan fingerprint density at radius 2 is 0.764 bits per heavy atom. The van der Waals surface area contributed by atoms with E-state index < -0.39 is 0 Å². The van der Waals surface area contributed by atoms with Crippen molar-refractivity contribution in [3.8, 4) is 0 Å². The Kier molecular flexibility index (Phi) is 17.7. The molecule has 55 heavy (non-hydrogen) atoms. The molecule has 0 aromatic heterocycles. The molecule has 4 N–H and O–H groups in total. The lowest BCUT2D eigenvalue weighted by Crippen LogP contribution is -2.33. The molecule has 298 valence electrons. The van der Waals surface area contributed by atoms with Gasteiger partial charge in [-0.3, -0.25) is 0 Å². The van der Waals surface area contributed by atoms with Crippen molar-refractivity contribution in [3.05, 3.63) is 130 Å². The molecule has 2 atom stereocenters. The number of unbranched alkanes of at least 4 members (excludes halogenated alkanes) is 12. The van der Waals surface area contributed by atoms with E-state index >= 15 is 0 Å². The summed E-state index contributed by atoms with van der Waals surface area (Å²) >= 11 is 0. The van der Waals surface area contributed by atoms with Gasteiger partial charge in [0.05, 0.1) is 0 Å². The molecule has 1 fully saturated rings. The molecule has 4 aromatic carbocycles. The Morgan fingerprint density at radius 3 is 1.11 bits per heavy atom. The topological polar surface area (TPSA) is 52.0 Å². The summed E-state index contributed by atoms with van der Waals surface area (Å²) in [5.74, 6) is 1.66. The minimum absolute atomic E-state index is 0.0612. The molecule has 5 rings (SSSR count). The molecule has 0 saturated heterocycles. The number of nitrogens with two attached hydrogens (primary N) is 2. The lowest BCUT2D eigenvalue weighted by molar-refractivity contribution is 0.253. The molecular weight excluding hydrogens is 665 g/mol. The maximum absolute atomic E-state index is 6.15. The van der Waals surface area contributed by atoms with E-state index in [2.05, 4.69) is 118 Å². The Hall–Kier alpha value is -3.52. The van der Waals surface area contributed by atoms with E-state index in [0.717, 1.165) is 17.3 Å². The van der Waals surface area contributed by atoms with Gasteiger partial charge in [0, 0.05) is 28.6 Å². The normalized spacial score (nSPS) is 18.3. The number of benzene rings is 4. The quantitative estimate of drug-likeness (QED) is 0.0555. The van der Waals surface area contributed by atoms with E-state index in [9.17, 15) is 0 Å². The third-order valence-electron chi connectivity index (χ3n) is 13.3. The van der Waals surface area contributed by atoms with Gasteiger partial charge in [-0.25, -0.2) is 0 Å². The Bertz CT molecular complexity index is 1480. The first-order valence-corrected chi connectivity index (χ1v) is 22.9. The maximum atomic E-state index is 6.15. The summed E-state index contributed by atoms with van der Waals surface area (Å²) < 4.78 is 0. The fourth-order valence-electron chi connectivity index (χ4n) is 9.80. The standard InChI is InChI=1S/C53H76N2/c1-4-7-9-11-13-15-17-20-51(45-26-34-49(54)35-27-45)43-22-30-47(31-23-43)53(40-38-42(19-6-3)39-41-53)48-32-24-44(25-33-48)52(46-28-36-50(55)37-29-46)21-18-16-14-12-10-8-5-2/h22-37,42,51-52H,4-21,38-41,54-55H2,1-3H3. The molecule has 0 spiro atoms. The van der Waals surface area contributed by atoms with Gasteiger partial charge < -0.3 is 11.5 Å². The largest absolute Gasteiger partial charge is 0.399 e. The Labute approximate surface area is 337 Å². The number of rotatable bonds is 24. The second kappa shape index (κ2) is 22.9. The summed E-state index contributed by atoms with van der Waals surface area (Å²) in [5, 5.41) is 0. The van der Waals surface area contributed by atoms with E-state index in [4.69, 9.17) is 11.5 Å². The third-order valence-corrected chi connectivity index (χ3v) is 13.3. The first-order chi connectivity index (χ1) is 27.0. The molecule has 0 bridgehead atoms. The highest BCUT2D eigenvalue weighted by atomic mass is 14.5. The third kappa shape index (κ3) is 12.5. The van der Waals surface area contributed by atoms with Crippen molar-refractivity contribution in [1.29, 1.82) is 0 Å². The van der Waals surface area contributed by atoms with Crippen LogP contribution in [0, 0.1) is 5.92 Å². The molecule has 2 heteroatoms. The lowest BCUT2D eigenvalue weighted by atomic mass is 9.62. The second-order valence-electron chi connectivity index (χ2n) is 17.3. The van der Waals surface area contributed by atoms with E-state index in [1.54, 1.807) is 0 Å². The zero-order valence-electron chi connectivity index (χ0n) is 35.2. The van der Waals surface area contributed by atoms with Crippen molar-refractivity contribution in [2.45, 2.75) is 179 Å². The maximum Gasteiger partial charge on any atom is 0.0314 e. The summed E-state index contributed by atoms with van der Waals surface area (Å²) in [4.78, 5) is 0. The SMILES string of the molecule is CCCCCCCCCC(c1ccc(N)cc1)c1ccc(C2(c3ccc(C(CCCCCCCCC)c4ccc(N)cc4)cc3)CCC(CCC)CC2)cc1. The molecule has 2 unspecified atom stereocenters. The van der Waals surface area contributed by atoms with Crippen molar-refractivity contribution < 1.29 is 0 Å². The average Bonchev–Trinajstić information content (AvgIpc) is 3.22. The number of nitrogen functional groups attached to an aromatic ring is 2. The Balaban J connectivity index is 1.38. The number of hydrogen-bond donors (Lipinski definition) is 2. The van der Waals surface area contributed by atoms with Crippen LogP contribution in [0.25, 0.3) is 0 Å². The molecule has 1 aliphatic carbocycles. The van der Waals surface area contributed by atoms with Gasteiger partial charge in [0.1, 0.15) is 0 Å². The molecular formula is C53H76N2. The first kappa shape index (κ1) is 42.6. The summed E-state index contributed by atoms with van der Waals surface area (Å²) in [7, 11) is 0. The lowest BCUT2D eigenvalue weighted by Gasteiger charge is -2.42. The monoisotopic (exact) mass is 741 g/mol. The highest BCUT2D eigenvalue weighted by Crippen LogP contribution is 2.48. The molecule has 0 heterocycles. The van der Waals surface area contributed by atoms with Crippen LogP contribution in [0.5, 0.6) is 0 Å². The van der Waals surface area contributed by atoms with Crippen molar-refractivity contribution in [2.24, 2.45) is 5.92 Å². The fourth-order valence-corrected chi connectivity index (χ4v) is 9.80. The summed E-state index contributed by atoms with van der Waals surface area (Å²) in [6.45, 7) is 6.96. The minimum Gasteiger partial charge on any atom is -0.399 e. The first-order valence-electron chi connectivity index (χ1n) is 22.9. The van der Waals surface area contributed by atoms with Crippen LogP contribution in [-0.4, -0.2) is 0 Å².